The highest BCUT2D eigenvalue weighted by Crippen LogP contribution is 2.10. The summed E-state index contributed by atoms with van der Waals surface area (Å²) in [6.07, 6.45) is -0.143. The summed E-state index contributed by atoms with van der Waals surface area (Å²) >= 11 is 0. The number of hydrogen-bond acceptors (Lipinski definition) is 4. The van der Waals surface area contributed by atoms with Gasteiger partial charge in [-0.2, -0.15) is 0 Å². The van der Waals surface area contributed by atoms with E-state index in [-0.39, 0.29) is 31.4 Å². The molecule has 2 N–H and O–H groups in total. The van der Waals surface area contributed by atoms with Crippen LogP contribution < -0.4 is 10.1 Å². The molecule has 23 heavy (non-hydrogen) atoms. The number of carbonyl (C=O) groups is 2. The molecule has 0 spiro atoms. The SMILES string of the molecule is COCCN(CCOc1ccc(F)cc1)C(=O)NCCC(=O)O. The van der Waals surface area contributed by atoms with E-state index in [2.05, 4.69) is 5.32 Å². The average Bonchev–Trinajstić information content (AvgIpc) is 2.52. The zero-order chi connectivity index (χ0) is 17.1. The topological polar surface area (TPSA) is 88.1 Å². The predicted octanol–water partition coefficient (Wildman–Crippen LogP) is 1.34. The number of carboxylic acids is 1. The summed E-state index contributed by atoms with van der Waals surface area (Å²) in [5.74, 6) is -0.824. The van der Waals surface area contributed by atoms with Crippen LogP contribution in [0.1, 0.15) is 6.42 Å². The molecular weight excluding hydrogens is 307 g/mol. The van der Waals surface area contributed by atoms with Crippen LogP contribution >= 0.6 is 0 Å². The lowest BCUT2D eigenvalue weighted by molar-refractivity contribution is -0.136. The fourth-order valence-electron chi connectivity index (χ4n) is 1.71. The quantitative estimate of drug-likeness (QED) is 0.677. The van der Waals surface area contributed by atoms with Gasteiger partial charge in [0.25, 0.3) is 0 Å². The van der Waals surface area contributed by atoms with Gasteiger partial charge in [-0.25, -0.2) is 9.18 Å². The maximum atomic E-state index is 12.8. The maximum Gasteiger partial charge on any atom is 0.317 e. The van der Waals surface area contributed by atoms with Crippen molar-refractivity contribution in [3.63, 3.8) is 0 Å². The Labute approximate surface area is 134 Å². The van der Waals surface area contributed by atoms with Crippen LogP contribution in [0.3, 0.4) is 0 Å². The number of methoxy groups -OCH3 is 1. The van der Waals surface area contributed by atoms with Gasteiger partial charge in [-0.15, -0.1) is 0 Å². The molecule has 0 saturated carbocycles. The van der Waals surface area contributed by atoms with Crippen molar-refractivity contribution in [2.45, 2.75) is 6.42 Å². The first-order chi connectivity index (χ1) is 11.0. The third-order valence-corrected chi connectivity index (χ3v) is 2.91. The Kier molecular flexibility index (Phi) is 8.45. The van der Waals surface area contributed by atoms with Crippen LogP contribution in [0.25, 0.3) is 0 Å². The lowest BCUT2D eigenvalue weighted by atomic mass is 10.3. The minimum absolute atomic E-state index is 0.0521. The minimum atomic E-state index is -0.978. The molecule has 0 fully saturated rings. The number of halogens is 1. The van der Waals surface area contributed by atoms with E-state index in [1.807, 2.05) is 0 Å². The van der Waals surface area contributed by atoms with E-state index in [0.717, 1.165) is 0 Å². The Morgan fingerprint density at radius 1 is 1.22 bits per heavy atom. The molecular formula is C15H21FN2O5. The van der Waals surface area contributed by atoms with Crippen LogP contribution in [0.2, 0.25) is 0 Å². The second-order valence-electron chi connectivity index (χ2n) is 4.66. The molecule has 1 rings (SSSR count). The van der Waals surface area contributed by atoms with Gasteiger partial charge in [-0.05, 0) is 24.3 Å². The molecule has 8 heteroatoms. The number of aliphatic carboxylic acids is 1. The number of nitrogens with one attached hydrogen (secondary N) is 1. The average molecular weight is 328 g/mol. The van der Waals surface area contributed by atoms with Crippen LogP contribution in [0, 0.1) is 5.82 Å². The lowest BCUT2D eigenvalue weighted by Gasteiger charge is -2.22. The van der Waals surface area contributed by atoms with Crippen LogP contribution in [-0.2, 0) is 9.53 Å². The summed E-state index contributed by atoms with van der Waals surface area (Å²) in [4.78, 5) is 23.9. The summed E-state index contributed by atoms with van der Waals surface area (Å²) in [6, 6.07) is 5.20. The zero-order valence-electron chi connectivity index (χ0n) is 13.0. The highest BCUT2D eigenvalue weighted by molar-refractivity contribution is 5.75. The van der Waals surface area contributed by atoms with E-state index in [4.69, 9.17) is 14.6 Å². The van der Waals surface area contributed by atoms with Gasteiger partial charge in [0.2, 0.25) is 0 Å². The first kappa shape index (κ1) is 18.7. The monoisotopic (exact) mass is 328 g/mol. The van der Waals surface area contributed by atoms with Gasteiger partial charge < -0.3 is 24.8 Å². The van der Waals surface area contributed by atoms with Gasteiger partial charge in [-0.1, -0.05) is 0 Å². The van der Waals surface area contributed by atoms with E-state index < -0.39 is 5.97 Å². The van der Waals surface area contributed by atoms with Crippen molar-refractivity contribution >= 4 is 12.0 Å². The Hall–Kier alpha value is -2.35. The number of carbonyl (C=O) groups excluding carboxylic acids is 1. The molecule has 0 saturated heterocycles. The smallest absolute Gasteiger partial charge is 0.317 e. The Morgan fingerprint density at radius 2 is 1.87 bits per heavy atom. The highest BCUT2D eigenvalue weighted by Gasteiger charge is 2.13. The minimum Gasteiger partial charge on any atom is -0.492 e. The van der Waals surface area contributed by atoms with E-state index in [1.165, 1.54) is 36.3 Å². The summed E-state index contributed by atoms with van der Waals surface area (Å²) < 4.78 is 23.2. The van der Waals surface area contributed by atoms with E-state index in [1.54, 1.807) is 0 Å². The fraction of sp³-hybridized carbons (Fsp3) is 0.467. The molecule has 2 amide bonds. The second-order valence-corrected chi connectivity index (χ2v) is 4.66. The highest BCUT2D eigenvalue weighted by atomic mass is 19.1. The predicted molar refractivity (Wildman–Crippen MR) is 81.0 cm³/mol. The van der Waals surface area contributed by atoms with Crippen molar-refractivity contribution < 1.29 is 28.6 Å². The van der Waals surface area contributed by atoms with Gasteiger partial charge in [0, 0.05) is 20.2 Å². The van der Waals surface area contributed by atoms with Crippen LogP contribution in [-0.4, -0.2) is 62.0 Å². The molecule has 0 aliphatic carbocycles. The molecule has 128 valence electrons. The number of carboxylic acid groups (broad SMARTS) is 1. The summed E-state index contributed by atoms with van der Waals surface area (Å²) in [6.45, 7) is 1.27. The molecule has 0 aromatic heterocycles. The van der Waals surface area contributed by atoms with Gasteiger partial charge in [0.15, 0.2) is 0 Å². The second kappa shape index (κ2) is 10.4. The third kappa shape index (κ3) is 8.01. The van der Waals surface area contributed by atoms with Crippen LogP contribution in [0.5, 0.6) is 5.75 Å². The first-order valence-electron chi connectivity index (χ1n) is 7.15. The number of urea groups is 1. The number of amides is 2. The van der Waals surface area contributed by atoms with Crippen molar-refractivity contribution in [1.29, 1.82) is 0 Å². The largest absolute Gasteiger partial charge is 0.492 e. The van der Waals surface area contributed by atoms with Gasteiger partial charge in [-0.3, -0.25) is 4.79 Å². The molecule has 0 unspecified atom stereocenters. The summed E-state index contributed by atoms with van der Waals surface area (Å²) in [5.41, 5.74) is 0. The molecule has 1 aromatic rings. The lowest BCUT2D eigenvalue weighted by Crippen LogP contribution is -2.44. The molecule has 0 heterocycles. The van der Waals surface area contributed by atoms with Crippen LogP contribution in [0.15, 0.2) is 24.3 Å². The van der Waals surface area contributed by atoms with Crippen molar-refractivity contribution in [2.24, 2.45) is 0 Å². The standard InChI is InChI=1S/C15H21FN2O5/c1-22-10-8-18(15(21)17-7-6-14(19)20)9-11-23-13-4-2-12(16)3-5-13/h2-5H,6-11H2,1H3,(H,17,21)(H,19,20). The maximum absolute atomic E-state index is 12.8. The summed E-state index contributed by atoms with van der Waals surface area (Å²) in [7, 11) is 1.52. The number of nitrogens with zero attached hydrogens (tertiary/aromatic N) is 1. The molecule has 0 radical (unpaired) electrons. The van der Waals surface area contributed by atoms with Gasteiger partial charge >= 0.3 is 12.0 Å². The third-order valence-electron chi connectivity index (χ3n) is 2.91. The Morgan fingerprint density at radius 3 is 2.48 bits per heavy atom. The number of hydrogen-bond donors (Lipinski definition) is 2. The van der Waals surface area contributed by atoms with Crippen molar-refractivity contribution in [2.75, 3.05) is 40.0 Å². The number of rotatable bonds is 10. The zero-order valence-corrected chi connectivity index (χ0v) is 13.0. The van der Waals surface area contributed by atoms with E-state index in [0.29, 0.717) is 25.4 Å². The summed E-state index contributed by atoms with van der Waals surface area (Å²) in [5, 5.41) is 11.1. The van der Waals surface area contributed by atoms with Gasteiger partial charge in [0.05, 0.1) is 19.6 Å². The Balaban J connectivity index is 2.41. The normalized spacial score (nSPS) is 10.2. The van der Waals surface area contributed by atoms with E-state index in [9.17, 15) is 14.0 Å². The van der Waals surface area contributed by atoms with Crippen molar-refractivity contribution in [1.82, 2.24) is 10.2 Å². The van der Waals surface area contributed by atoms with Gasteiger partial charge in [0.1, 0.15) is 18.2 Å². The fourth-order valence-corrected chi connectivity index (χ4v) is 1.71. The molecule has 0 bridgehead atoms. The molecule has 1 aromatic carbocycles. The first-order valence-corrected chi connectivity index (χ1v) is 7.15. The molecule has 0 aliphatic heterocycles. The molecule has 7 nitrogen and oxygen atoms in total. The Bertz CT molecular complexity index is 495. The molecule has 0 aliphatic rings. The number of benzene rings is 1. The van der Waals surface area contributed by atoms with Crippen molar-refractivity contribution in [3.8, 4) is 5.75 Å². The molecule has 0 atom stereocenters. The number of ether oxygens (including phenoxy) is 2. The van der Waals surface area contributed by atoms with Crippen LogP contribution in [0.4, 0.5) is 9.18 Å². The van der Waals surface area contributed by atoms with Crippen molar-refractivity contribution in [3.05, 3.63) is 30.1 Å². The van der Waals surface area contributed by atoms with E-state index >= 15 is 0 Å².